The molecular formula is C22H22N6O2. The van der Waals surface area contributed by atoms with Crippen molar-refractivity contribution in [2.75, 3.05) is 16.8 Å². The summed E-state index contributed by atoms with van der Waals surface area (Å²) in [6, 6.07) is 10.0. The summed E-state index contributed by atoms with van der Waals surface area (Å²) in [5.41, 5.74) is 1.65. The third-order valence-corrected chi connectivity index (χ3v) is 6.28. The highest BCUT2D eigenvalue weighted by Crippen LogP contribution is 2.41. The molecule has 0 spiro atoms. The lowest BCUT2D eigenvalue weighted by molar-refractivity contribution is -0.119. The number of benzene rings is 1. The first-order chi connectivity index (χ1) is 14.6. The lowest BCUT2D eigenvalue weighted by Crippen LogP contribution is -2.42. The number of anilines is 2. The van der Waals surface area contributed by atoms with E-state index < -0.39 is 17.7 Å². The molecule has 8 heteroatoms. The largest absolute Gasteiger partial charge is 0.361 e. The van der Waals surface area contributed by atoms with Gasteiger partial charge in [-0.25, -0.2) is 0 Å². The van der Waals surface area contributed by atoms with Gasteiger partial charge in [0.05, 0.1) is 11.6 Å². The maximum Gasteiger partial charge on any atom is 0.258 e. The van der Waals surface area contributed by atoms with Crippen molar-refractivity contribution in [3.63, 3.8) is 0 Å². The second-order valence-electron chi connectivity index (χ2n) is 8.05. The number of hydrogen-bond donors (Lipinski definition) is 3. The number of amides is 1. The Morgan fingerprint density at radius 1 is 1.23 bits per heavy atom. The van der Waals surface area contributed by atoms with Crippen molar-refractivity contribution in [1.82, 2.24) is 15.0 Å². The molecule has 2 aromatic heterocycles. The van der Waals surface area contributed by atoms with Crippen molar-refractivity contribution < 1.29 is 4.79 Å². The Bertz CT molecular complexity index is 1240. The molecule has 3 aromatic rings. The topological polar surface area (TPSA) is 118 Å². The Kier molecular flexibility index (Phi) is 4.31. The highest BCUT2D eigenvalue weighted by atomic mass is 16.2. The summed E-state index contributed by atoms with van der Waals surface area (Å²) in [6.45, 7) is 2.92. The summed E-state index contributed by atoms with van der Waals surface area (Å²) < 4.78 is 0. The molecule has 0 aliphatic carbocycles. The molecule has 1 saturated heterocycles. The van der Waals surface area contributed by atoms with E-state index in [1.807, 2.05) is 24.3 Å². The molecule has 3 atom stereocenters. The minimum Gasteiger partial charge on any atom is -0.361 e. The van der Waals surface area contributed by atoms with Gasteiger partial charge >= 0.3 is 0 Å². The number of rotatable bonds is 2. The van der Waals surface area contributed by atoms with Crippen LogP contribution in [0.15, 0.2) is 35.3 Å². The van der Waals surface area contributed by atoms with Gasteiger partial charge in [0.25, 0.3) is 5.56 Å². The quantitative estimate of drug-likeness (QED) is 0.609. The van der Waals surface area contributed by atoms with Gasteiger partial charge in [-0.15, -0.1) is 0 Å². The number of carbonyl (C=O) groups excluding carboxylic acids is 1. The molecule has 2 aliphatic rings. The van der Waals surface area contributed by atoms with Crippen LogP contribution in [0.25, 0.3) is 10.9 Å². The molecular weight excluding hydrogens is 380 g/mol. The van der Waals surface area contributed by atoms with Crippen LogP contribution >= 0.6 is 0 Å². The van der Waals surface area contributed by atoms with Crippen molar-refractivity contribution in [2.24, 2.45) is 5.92 Å². The molecule has 30 heavy (non-hydrogen) atoms. The van der Waals surface area contributed by atoms with Crippen LogP contribution in [0.2, 0.25) is 0 Å². The van der Waals surface area contributed by atoms with Gasteiger partial charge in [0, 0.05) is 35.6 Å². The smallest absolute Gasteiger partial charge is 0.258 e. The van der Waals surface area contributed by atoms with Crippen LogP contribution in [0, 0.1) is 17.2 Å². The molecule has 8 nitrogen and oxygen atoms in total. The predicted octanol–water partition coefficient (Wildman–Crippen LogP) is 2.85. The van der Waals surface area contributed by atoms with E-state index >= 15 is 0 Å². The maximum atomic E-state index is 13.3. The van der Waals surface area contributed by atoms with Gasteiger partial charge < -0.3 is 15.2 Å². The number of carbonyl (C=O) groups is 1. The van der Waals surface area contributed by atoms with E-state index in [1.165, 1.54) is 0 Å². The number of nitrogens with one attached hydrogen (secondary N) is 3. The summed E-state index contributed by atoms with van der Waals surface area (Å²) >= 11 is 0. The van der Waals surface area contributed by atoms with Gasteiger partial charge in [-0.1, -0.05) is 18.2 Å². The number of piperidine rings is 1. The summed E-state index contributed by atoms with van der Waals surface area (Å²) in [7, 11) is 0. The number of aromatic amines is 2. The van der Waals surface area contributed by atoms with Crippen LogP contribution in [0.3, 0.4) is 0 Å². The number of para-hydroxylation sites is 1. The fourth-order valence-electron chi connectivity index (χ4n) is 4.74. The van der Waals surface area contributed by atoms with E-state index in [2.05, 4.69) is 38.2 Å². The Balaban J connectivity index is 1.69. The highest BCUT2D eigenvalue weighted by molar-refractivity contribution is 5.99. The normalized spacial score (nSPS) is 23.7. The molecule has 1 amide bonds. The molecule has 5 rings (SSSR count). The number of nitrogens with zero attached hydrogens (tertiary/aromatic N) is 3. The van der Waals surface area contributed by atoms with Crippen molar-refractivity contribution in [3.05, 3.63) is 51.9 Å². The van der Waals surface area contributed by atoms with Gasteiger partial charge in [0.2, 0.25) is 11.9 Å². The SMILES string of the molecule is CC1CCCCN1c1nc2c(c(=O)[nH]1)C(c1c[nH]c3ccccc13)C(C#N)C(=O)N2. The van der Waals surface area contributed by atoms with Crippen LogP contribution < -0.4 is 15.8 Å². The second-order valence-corrected chi connectivity index (χ2v) is 8.05. The molecule has 3 unspecified atom stereocenters. The van der Waals surface area contributed by atoms with Crippen LogP contribution in [-0.4, -0.2) is 33.4 Å². The molecule has 1 fully saturated rings. The minimum absolute atomic E-state index is 0.248. The Hall–Kier alpha value is -3.60. The zero-order chi connectivity index (χ0) is 20.8. The zero-order valence-corrected chi connectivity index (χ0v) is 16.6. The van der Waals surface area contributed by atoms with Gasteiger partial charge in [0.15, 0.2) is 0 Å². The number of H-pyrrole nitrogens is 2. The first-order valence-corrected chi connectivity index (χ1v) is 10.3. The van der Waals surface area contributed by atoms with Crippen LogP contribution in [0.4, 0.5) is 11.8 Å². The summed E-state index contributed by atoms with van der Waals surface area (Å²) in [5.74, 6) is -1.42. The fourth-order valence-corrected chi connectivity index (χ4v) is 4.74. The molecule has 4 heterocycles. The third kappa shape index (κ3) is 2.77. The van der Waals surface area contributed by atoms with E-state index in [-0.39, 0.29) is 17.4 Å². The Morgan fingerprint density at radius 3 is 2.87 bits per heavy atom. The van der Waals surface area contributed by atoms with Gasteiger partial charge in [0.1, 0.15) is 11.7 Å². The van der Waals surface area contributed by atoms with Crippen molar-refractivity contribution >= 4 is 28.6 Å². The molecule has 0 bridgehead atoms. The minimum atomic E-state index is -1.01. The van der Waals surface area contributed by atoms with E-state index in [4.69, 9.17) is 0 Å². The number of nitriles is 1. The van der Waals surface area contributed by atoms with Gasteiger partial charge in [-0.3, -0.25) is 14.6 Å². The Morgan fingerprint density at radius 2 is 2.07 bits per heavy atom. The second kappa shape index (κ2) is 7.02. The van der Waals surface area contributed by atoms with E-state index in [9.17, 15) is 14.9 Å². The lowest BCUT2D eigenvalue weighted by Gasteiger charge is -2.35. The van der Waals surface area contributed by atoms with Crippen LogP contribution in [0.1, 0.15) is 43.2 Å². The monoisotopic (exact) mass is 402 g/mol. The van der Waals surface area contributed by atoms with Crippen molar-refractivity contribution in [3.8, 4) is 6.07 Å². The summed E-state index contributed by atoms with van der Waals surface area (Å²) in [5, 5.41) is 13.3. The average molecular weight is 402 g/mol. The summed E-state index contributed by atoms with van der Waals surface area (Å²) in [4.78, 5) is 38.8. The molecule has 2 aliphatic heterocycles. The third-order valence-electron chi connectivity index (χ3n) is 6.28. The number of hydrogen-bond acceptors (Lipinski definition) is 5. The number of fused-ring (bicyclic) bond motifs is 2. The van der Waals surface area contributed by atoms with E-state index in [0.29, 0.717) is 11.5 Å². The maximum absolute atomic E-state index is 13.3. The molecule has 1 aromatic carbocycles. The lowest BCUT2D eigenvalue weighted by atomic mass is 9.79. The average Bonchev–Trinajstić information content (AvgIpc) is 3.17. The first-order valence-electron chi connectivity index (χ1n) is 10.3. The Labute approximate surface area is 172 Å². The van der Waals surface area contributed by atoms with Gasteiger partial charge in [-0.05, 0) is 37.8 Å². The summed E-state index contributed by atoms with van der Waals surface area (Å²) in [6.07, 6.45) is 4.99. The number of aromatic nitrogens is 3. The molecule has 3 N–H and O–H groups in total. The van der Waals surface area contributed by atoms with Crippen LogP contribution in [-0.2, 0) is 4.79 Å². The highest BCUT2D eigenvalue weighted by Gasteiger charge is 2.41. The van der Waals surface area contributed by atoms with Crippen molar-refractivity contribution in [2.45, 2.75) is 38.1 Å². The predicted molar refractivity (Wildman–Crippen MR) is 113 cm³/mol. The first kappa shape index (κ1) is 18.4. The van der Waals surface area contributed by atoms with E-state index in [0.717, 1.165) is 42.3 Å². The molecule has 0 saturated carbocycles. The van der Waals surface area contributed by atoms with E-state index in [1.54, 1.807) is 6.20 Å². The molecule has 0 radical (unpaired) electrons. The zero-order valence-electron chi connectivity index (χ0n) is 16.6. The fraction of sp³-hybridized carbons (Fsp3) is 0.364. The standard InChI is InChI=1S/C22H22N6O2/c1-12-6-4-5-9-28(12)22-26-19-18(21(30)27-22)17(14(10-23)20(29)25-19)15-11-24-16-8-3-2-7-13(15)16/h2-3,7-8,11-12,14,17,24H,4-6,9H2,1H3,(H2,25,26,27,29,30). The van der Waals surface area contributed by atoms with Crippen LogP contribution in [0.5, 0.6) is 0 Å². The molecule has 152 valence electrons. The van der Waals surface area contributed by atoms with Crippen molar-refractivity contribution in [1.29, 1.82) is 5.26 Å². The van der Waals surface area contributed by atoms with Gasteiger partial charge in [-0.2, -0.15) is 10.2 Å².